The van der Waals surface area contributed by atoms with E-state index in [1.165, 1.54) is 62.5 Å². The molecule has 0 aliphatic heterocycles. The quantitative estimate of drug-likeness (QED) is 0.462. The van der Waals surface area contributed by atoms with Gasteiger partial charge >= 0.3 is 0 Å². The first-order chi connectivity index (χ1) is 9.86. The van der Waals surface area contributed by atoms with Gasteiger partial charge in [0.2, 0.25) is 0 Å². The molecular formula is C18H28S2. The molecule has 0 unspecified atom stereocenters. The van der Waals surface area contributed by atoms with Gasteiger partial charge in [-0.15, -0.1) is 0 Å². The lowest BCUT2D eigenvalue weighted by molar-refractivity contribution is 0.608. The summed E-state index contributed by atoms with van der Waals surface area (Å²) in [7, 11) is 0. The van der Waals surface area contributed by atoms with Crippen LogP contribution < -0.4 is 0 Å². The predicted molar refractivity (Wildman–Crippen MR) is 95.1 cm³/mol. The van der Waals surface area contributed by atoms with Crippen LogP contribution >= 0.6 is 22.7 Å². The Hall–Kier alpha value is -0.600. The minimum atomic E-state index is 1.17. The summed E-state index contributed by atoms with van der Waals surface area (Å²) in [5.74, 6) is 0. The second-order valence-corrected chi connectivity index (χ2v) is 6.69. The van der Waals surface area contributed by atoms with Gasteiger partial charge in [-0.3, -0.25) is 0 Å². The van der Waals surface area contributed by atoms with Crippen molar-refractivity contribution in [1.82, 2.24) is 0 Å². The van der Waals surface area contributed by atoms with Crippen LogP contribution in [0.1, 0.15) is 63.5 Å². The van der Waals surface area contributed by atoms with Crippen LogP contribution in [0.3, 0.4) is 0 Å². The summed E-state index contributed by atoms with van der Waals surface area (Å²) in [5, 5.41) is 8.73. The zero-order valence-corrected chi connectivity index (χ0v) is 14.6. The van der Waals surface area contributed by atoms with Crippen LogP contribution in [0.25, 0.3) is 0 Å². The highest BCUT2D eigenvalue weighted by Crippen LogP contribution is 2.12. The molecule has 2 heterocycles. The van der Waals surface area contributed by atoms with E-state index in [4.69, 9.17) is 0 Å². The molecular weight excluding hydrogens is 280 g/mol. The summed E-state index contributed by atoms with van der Waals surface area (Å²) < 4.78 is 0. The molecule has 0 aromatic carbocycles. The molecule has 2 rings (SSSR count). The van der Waals surface area contributed by atoms with Gasteiger partial charge in [0.15, 0.2) is 0 Å². The zero-order chi connectivity index (χ0) is 14.5. The fourth-order valence-corrected chi connectivity index (χ4v) is 3.49. The molecule has 0 spiro atoms. The molecule has 0 amide bonds. The second-order valence-electron chi connectivity index (χ2n) is 5.13. The molecule has 2 aromatic heterocycles. The fourth-order valence-electron chi connectivity index (χ4n) is 2.04. The van der Waals surface area contributed by atoms with E-state index in [-0.39, 0.29) is 0 Å². The molecule has 2 aromatic rings. The summed E-state index contributed by atoms with van der Waals surface area (Å²) in [6.07, 6.45) is 10.9. The molecule has 0 saturated heterocycles. The topological polar surface area (TPSA) is 0 Å². The van der Waals surface area contributed by atoms with Crippen molar-refractivity contribution in [2.75, 3.05) is 0 Å². The van der Waals surface area contributed by atoms with Gasteiger partial charge < -0.3 is 0 Å². The van der Waals surface area contributed by atoms with Crippen LogP contribution in [0.15, 0.2) is 33.7 Å². The molecule has 0 nitrogen and oxygen atoms in total. The maximum Gasteiger partial charge on any atom is -0.00613 e. The molecule has 0 N–H and O–H groups in total. The summed E-state index contributed by atoms with van der Waals surface area (Å²) in [4.78, 5) is 0. The standard InChI is InChI=1S/C12H20S.C6H8S/c1-2-3-4-5-6-7-8-12-9-10-13-11-12;1-2-6-3-4-7-5-6/h9-11H,2-8H2,1H3;3-5H,2H2,1H3. The minimum Gasteiger partial charge on any atom is -0.152 e. The number of hydrogen-bond acceptors (Lipinski definition) is 2. The fraction of sp³-hybridized carbons (Fsp3) is 0.556. The summed E-state index contributed by atoms with van der Waals surface area (Å²) in [6, 6.07) is 4.40. The van der Waals surface area contributed by atoms with Crippen LogP contribution in [-0.2, 0) is 12.8 Å². The van der Waals surface area contributed by atoms with Gasteiger partial charge in [-0.1, -0.05) is 46.0 Å². The van der Waals surface area contributed by atoms with Gasteiger partial charge in [0.25, 0.3) is 0 Å². The van der Waals surface area contributed by atoms with Gasteiger partial charge in [-0.25, -0.2) is 0 Å². The van der Waals surface area contributed by atoms with Gasteiger partial charge in [0, 0.05) is 0 Å². The summed E-state index contributed by atoms with van der Waals surface area (Å²) in [6.45, 7) is 4.44. The lowest BCUT2D eigenvalue weighted by atomic mass is 10.1. The first-order valence-corrected chi connectivity index (χ1v) is 9.77. The van der Waals surface area contributed by atoms with Crippen molar-refractivity contribution in [3.8, 4) is 0 Å². The van der Waals surface area contributed by atoms with Crippen molar-refractivity contribution < 1.29 is 0 Å². The van der Waals surface area contributed by atoms with E-state index in [1.807, 2.05) is 11.3 Å². The molecule has 112 valence electrons. The average molecular weight is 309 g/mol. The lowest BCUT2D eigenvalue weighted by Crippen LogP contribution is -1.83. The third-order valence-corrected chi connectivity index (χ3v) is 4.85. The lowest BCUT2D eigenvalue weighted by Gasteiger charge is -1.99. The number of hydrogen-bond donors (Lipinski definition) is 0. The number of thiophene rings is 2. The second kappa shape index (κ2) is 12.2. The molecule has 2 heteroatoms. The van der Waals surface area contributed by atoms with Crippen molar-refractivity contribution >= 4 is 22.7 Å². The van der Waals surface area contributed by atoms with E-state index >= 15 is 0 Å². The Balaban J connectivity index is 0.000000240. The van der Waals surface area contributed by atoms with Crippen molar-refractivity contribution in [3.63, 3.8) is 0 Å². The molecule has 0 atom stereocenters. The molecule has 0 radical (unpaired) electrons. The third-order valence-electron chi connectivity index (χ3n) is 3.39. The van der Waals surface area contributed by atoms with Crippen LogP contribution in [0, 0.1) is 0 Å². The van der Waals surface area contributed by atoms with Gasteiger partial charge in [0.1, 0.15) is 0 Å². The Bertz CT molecular complexity index is 387. The normalized spacial score (nSPS) is 10.1. The number of rotatable bonds is 8. The van der Waals surface area contributed by atoms with Gasteiger partial charge in [0.05, 0.1) is 0 Å². The SMILES string of the molecule is CCCCCCCCc1ccsc1.CCc1ccsc1. The largest absolute Gasteiger partial charge is 0.152 e. The maximum absolute atomic E-state index is 2.27. The first kappa shape index (κ1) is 17.5. The van der Waals surface area contributed by atoms with E-state index < -0.39 is 0 Å². The Morgan fingerprint density at radius 1 is 0.750 bits per heavy atom. The summed E-state index contributed by atoms with van der Waals surface area (Å²) >= 11 is 3.58. The summed E-state index contributed by atoms with van der Waals surface area (Å²) in [5.41, 5.74) is 2.98. The zero-order valence-electron chi connectivity index (χ0n) is 12.9. The van der Waals surface area contributed by atoms with Crippen molar-refractivity contribution in [2.24, 2.45) is 0 Å². The van der Waals surface area contributed by atoms with E-state index in [0.29, 0.717) is 0 Å². The maximum atomic E-state index is 2.27. The Kier molecular flexibility index (Phi) is 10.6. The number of unbranched alkanes of at least 4 members (excludes halogenated alkanes) is 5. The van der Waals surface area contributed by atoms with Crippen molar-refractivity contribution in [1.29, 1.82) is 0 Å². The highest BCUT2D eigenvalue weighted by atomic mass is 32.1. The number of aryl methyl sites for hydroxylation is 2. The van der Waals surface area contributed by atoms with Crippen LogP contribution in [-0.4, -0.2) is 0 Å². The smallest absolute Gasteiger partial charge is 0.00613 e. The molecule has 0 bridgehead atoms. The third kappa shape index (κ3) is 8.55. The first-order valence-electron chi connectivity index (χ1n) is 7.89. The highest BCUT2D eigenvalue weighted by molar-refractivity contribution is 7.08. The van der Waals surface area contributed by atoms with Crippen LogP contribution in [0.4, 0.5) is 0 Å². The van der Waals surface area contributed by atoms with Crippen molar-refractivity contribution in [2.45, 2.75) is 65.2 Å². The molecule has 0 aliphatic rings. The van der Waals surface area contributed by atoms with E-state index in [2.05, 4.69) is 47.5 Å². The average Bonchev–Trinajstić information content (AvgIpc) is 3.16. The predicted octanol–water partition coefficient (Wildman–Crippen LogP) is 6.96. The minimum absolute atomic E-state index is 1.17. The van der Waals surface area contributed by atoms with Crippen molar-refractivity contribution in [3.05, 3.63) is 44.8 Å². The molecule has 20 heavy (non-hydrogen) atoms. The molecule has 0 saturated carbocycles. The Morgan fingerprint density at radius 3 is 1.85 bits per heavy atom. The Morgan fingerprint density at radius 2 is 1.35 bits per heavy atom. The van der Waals surface area contributed by atoms with Crippen LogP contribution in [0.2, 0.25) is 0 Å². The van der Waals surface area contributed by atoms with E-state index in [1.54, 1.807) is 11.3 Å². The Labute approximate surface area is 132 Å². The van der Waals surface area contributed by atoms with E-state index in [0.717, 1.165) is 0 Å². The molecule has 0 fully saturated rings. The van der Waals surface area contributed by atoms with Gasteiger partial charge in [-0.05, 0) is 64.0 Å². The van der Waals surface area contributed by atoms with E-state index in [9.17, 15) is 0 Å². The molecule has 0 aliphatic carbocycles. The highest BCUT2D eigenvalue weighted by Gasteiger charge is 1.93. The van der Waals surface area contributed by atoms with Crippen LogP contribution in [0.5, 0.6) is 0 Å². The van der Waals surface area contributed by atoms with Gasteiger partial charge in [-0.2, -0.15) is 22.7 Å². The monoisotopic (exact) mass is 308 g/mol.